The summed E-state index contributed by atoms with van der Waals surface area (Å²) in [5.41, 5.74) is 0. The Balaban J connectivity index is 0.0000001000. The first-order chi connectivity index (χ1) is 4.74. The van der Waals surface area contributed by atoms with E-state index in [1.54, 1.807) is 0 Å². The fourth-order valence-corrected chi connectivity index (χ4v) is 0.597. The maximum atomic E-state index is 4.92. The number of hydrogen-bond donors (Lipinski definition) is 0. The molecule has 0 aromatic carbocycles. The molecule has 0 aromatic rings. The third kappa shape index (κ3) is 3.18. The van der Waals surface area contributed by atoms with Crippen LogP contribution in [0.4, 0.5) is 0 Å². The van der Waals surface area contributed by atoms with Crippen LogP contribution in [-0.4, -0.2) is 24.9 Å². The molecule has 0 bridgehead atoms. The number of epoxide rings is 2. The quantitative estimate of drug-likeness (QED) is 0.522. The number of ether oxygens (including phenoxy) is 2. The third-order valence-corrected chi connectivity index (χ3v) is 1.87. The lowest BCUT2D eigenvalue weighted by atomic mass is 10.4. The largest absolute Gasteiger partial charge is 0.373 e. The van der Waals surface area contributed by atoms with Crippen molar-refractivity contribution in [2.75, 3.05) is 6.61 Å². The highest BCUT2D eigenvalue weighted by Gasteiger charge is 2.27. The molecule has 0 saturated carbocycles. The molecular weight excluding hydrogens is 128 g/mol. The van der Waals surface area contributed by atoms with E-state index in [4.69, 9.17) is 9.47 Å². The van der Waals surface area contributed by atoms with E-state index < -0.39 is 0 Å². The summed E-state index contributed by atoms with van der Waals surface area (Å²) in [5.74, 6) is 0. The van der Waals surface area contributed by atoms with E-state index in [-0.39, 0.29) is 0 Å². The van der Waals surface area contributed by atoms with E-state index in [1.807, 2.05) is 0 Å². The molecule has 2 heteroatoms. The Bertz CT molecular complexity index is 93.4. The minimum Gasteiger partial charge on any atom is -0.373 e. The molecular formula is C8H16O2. The van der Waals surface area contributed by atoms with E-state index in [1.165, 1.54) is 6.42 Å². The van der Waals surface area contributed by atoms with Crippen molar-refractivity contribution in [3.05, 3.63) is 0 Å². The van der Waals surface area contributed by atoms with Crippen molar-refractivity contribution in [1.82, 2.24) is 0 Å². The van der Waals surface area contributed by atoms with Gasteiger partial charge in [-0.15, -0.1) is 0 Å². The topological polar surface area (TPSA) is 25.1 Å². The van der Waals surface area contributed by atoms with Gasteiger partial charge in [0.2, 0.25) is 0 Å². The molecule has 2 aliphatic heterocycles. The first-order valence-corrected chi connectivity index (χ1v) is 4.01. The minimum absolute atomic E-state index is 0.551. The average Bonchev–Trinajstić information content (AvgIpc) is 2.74. The van der Waals surface area contributed by atoms with E-state index in [2.05, 4.69) is 20.8 Å². The summed E-state index contributed by atoms with van der Waals surface area (Å²) in [6, 6.07) is 0. The summed E-state index contributed by atoms with van der Waals surface area (Å²) < 4.78 is 9.77. The Kier molecular flexibility index (Phi) is 2.69. The molecule has 2 heterocycles. The van der Waals surface area contributed by atoms with Crippen LogP contribution < -0.4 is 0 Å². The lowest BCUT2D eigenvalue weighted by Gasteiger charge is -1.69. The maximum absolute atomic E-state index is 4.92. The van der Waals surface area contributed by atoms with Crippen molar-refractivity contribution in [2.24, 2.45) is 0 Å². The first kappa shape index (κ1) is 8.02. The molecule has 3 atom stereocenters. The predicted octanol–water partition coefficient (Wildman–Crippen LogP) is 1.59. The molecule has 10 heavy (non-hydrogen) atoms. The van der Waals surface area contributed by atoms with Crippen molar-refractivity contribution in [1.29, 1.82) is 0 Å². The molecule has 2 saturated heterocycles. The zero-order valence-corrected chi connectivity index (χ0v) is 6.96. The minimum atomic E-state index is 0.551. The highest BCUT2D eigenvalue weighted by molar-refractivity contribution is 4.73. The van der Waals surface area contributed by atoms with Gasteiger partial charge < -0.3 is 9.47 Å². The van der Waals surface area contributed by atoms with Gasteiger partial charge in [0.1, 0.15) is 0 Å². The van der Waals surface area contributed by atoms with E-state index in [0.29, 0.717) is 18.3 Å². The number of rotatable bonds is 1. The highest BCUT2D eigenvalue weighted by Crippen LogP contribution is 2.18. The Morgan fingerprint density at radius 2 is 1.70 bits per heavy atom. The van der Waals surface area contributed by atoms with Gasteiger partial charge in [0, 0.05) is 0 Å². The summed E-state index contributed by atoms with van der Waals surface area (Å²) in [6.45, 7) is 7.30. The SMILES string of the molecule is CC1OC1C.CCC1CO1. The Morgan fingerprint density at radius 3 is 1.70 bits per heavy atom. The second-order valence-corrected chi connectivity index (χ2v) is 2.91. The zero-order valence-electron chi connectivity index (χ0n) is 6.96. The summed E-state index contributed by atoms with van der Waals surface area (Å²) in [4.78, 5) is 0. The van der Waals surface area contributed by atoms with Crippen molar-refractivity contribution in [3.63, 3.8) is 0 Å². The van der Waals surface area contributed by atoms with Gasteiger partial charge in [0.05, 0.1) is 24.9 Å². The highest BCUT2D eigenvalue weighted by atomic mass is 16.6. The third-order valence-electron chi connectivity index (χ3n) is 1.87. The van der Waals surface area contributed by atoms with Crippen LogP contribution in [0.3, 0.4) is 0 Å². The van der Waals surface area contributed by atoms with Crippen LogP contribution >= 0.6 is 0 Å². The molecule has 0 radical (unpaired) electrons. The zero-order chi connectivity index (χ0) is 7.56. The van der Waals surface area contributed by atoms with Gasteiger partial charge in [-0.05, 0) is 20.3 Å². The monoisotopic (exact) mass is 144 g/mol. The van der Waals surface area contributed by atoms with Crippen LogP contribution in [0, 0.1) is 0 Å². The Hall–Kier alpha value is -0.0800. The molecule has 0 spiro atoms. The molecule has 2 aliphatic rings. The van der Waals surface area contributed by atoms with Gasteiger partial charge in [-0.2, -0.15) is 0 Å². The van der Waals surface area contributed by atoms with Gasteiger partial charge in [-0.1, -0.05) is 6.92 Å². The Morgan fingerprint density at radius 1 is 1.30 bits per heavy atom. The summed E-state index contributed by atoms with van der Waals surface area (Å²) in [5, 5.41) is 0. The van der Waals surface area contributed by atoms with Crippen LogP contribution in [-0.2, 0) is 9.47 Å². The molecule has 0 amide bonds. The molecule has 2 fully saturated rings. The summed E-state index contributed by atoms with van der Waals surface area (Å²) >= 11 is 0. The second-order valence-electron chi connectivity index (χ2n) is 2.91. The van der Waals surface area contributed by atoms with Gasteiger partial charge >= 0.3 is 0 Å². The number of hydrogen-bond acceptors (Lipinski definition) is 2. The lowest BCUT2D eigenvalue weighted by Crippen LogP contribution is -1.74. The van der Waals surface area contributed by atoms with Crippen LogP contribution in [0.2, 0.25) is 0 Å². The van der Waals surface area contributed by atoms with Crippen LogP contribution in [0.1, 0.15) is 27.2 Å². The van der Waals surface area contributed by atoms with E-state index >= 15 is 0 Å². The van der Waals surface area contributed by atoms with Gasteiger partial charge in [-0.3, -0.25) is 0 Å². The molecule has 2 rings (SSSR count). The molecule has 3 unspecified atom stereocenters. The molecule has 0 N–H and O–H groups in total. The smallest absolute Gasteiger partial charge is 0.0811 e. The van der Waals surface area contributed by atoms with Crippen molar-refractivity contribution in [3.8, 4) is 0 Å². The normalized spacial score (nSPS) is 41.7. The van der Waals surface area contributed by atoms with Crippen molar-refractivity contribution < 1.29 is 9.47 Å². The Labute approximate surface area is 62.5 Å². The molecule has 60 valence electrons. The average molecular weight is 144 g/mol. The van der Waals surface area contributed by atoms with Crippen molar-refractivity contribution >= 4 is 0 Å². The fourth-order valence-electron chi connectivity index (χ4n) is 0.597. The van der Waals surface area contributed by atoms with Crippen LogP contribution in [0.25, 0.3) is 0 Å². The van der Waals surface area contributed by atoms with Gasteiger partial charge in [0.25, 0.3) is 0 Å². The molecule has 0 aromatic heterocycles. The summed E-state index contributed by atoms with van der Waals surface area (Å²) in [7, 11) is 0. The maximum Gasteiger partial charge on any atom is 0.0811 e. The van der Waals surface area contributed by atoms with Crippen molar-refractivity contribution in [2.45, 2.75) is 45.5 Å². The van der Waals surface area contributed by atoms with Gasteiger partial charge in [-0.25, -0.2) is 0 Å². The molecule has 2 nitrogen and oxygen atoms in total. The standard InChI is InChI=1S/2C4H8O/c1-3-4(2)5-3;1-2-4-3-5-4/h3-4H,1-2H3;4H,2-3H2,1H3. The first-order valence-electron chi connectivity index (χ1n) is 4.01. The van der Waals surface area contributed by atoms with E-state index in [9.17, 15) is 0 Å². The van der Waals surface area contributed by atoms with E-state index in [0.717, 1.165) is 6.61 Å². The van der Waals surface area contributed by atoms with Gasteiger partial charge in [0.15, 0.2) is 0 Å². The predicted molar refractivity (Wildman–Crippen MR) is 40.0 cm³/mol. The lowest BCUT2D eigenvalue weighted by molar-refractivity contribution is 0.389. The fraction of sp³-hybridized carbons (Fsp3) is 1.00. The van der Waals surface area contributed by atoms with Crippen LogP contribution in [0.5, 0.6) is 0 Å². The second kappa shape index (κ2) is 3.35. The van der Waals surface area contributed by atoms with Crippen LogP contribution in [0.15, 0.2) is 0 Å². The summed E-state index contributed by atoms with van der Waals surface area (Å²) in [6.07, 6.45) is 2.93. The molecule has 0 aliphatic carbocycles.